The van der Waals surface area contributed by atoms with E-state index < -0.39 is 5.91 Å². The highest BCUT2D eigenvalue weighted by atomic mass is 16.5. The Balaban J connectivity index is 1.90. The second kappa shape index (κ2) is 6.22. The molecule has 3 rings (SSSR count). The number of methoxy groups -OCH3 is 1. The fraction of sp³-hybridized carbons (Fsp3) is 0.133. The predicted octanol–water partition coefficient (Wildman–Crippen LogP) is 1.83. The number of nitrogens with zero attached hydrogens (tertiary/aromatic N) is 4. The van der Waals surface area contributed by atoms with Crippen LogP contribution in [0.15, 0.2) is 36.4 Å². The van der Waals surface area contributed by atoms with Gasteiger partial charge in [0, 0.05) is 5.56 Å². The van der Waals surface area contributed by atoms with Crippen LogP contribution in [0, 0.1) is 6.92 Å². The molecule has 2 aromatic heterocycles. The molecule has 1 aromatic carbocycles. The molecule has 3 aromatic rings. The lowest BCUT2D eigenvalue weighted by Gasteiger charge is -2.07. The first-order valence-electron chi connectivity index (χ1n) is 6.83. The zero-order chi connectivity index (χ0) is 16.2. The van der Waals surface area contributed by atoms with Gasteiger partial charge in [-0.15, -0.1) is 5.10 Å². The van der Waals surface area contributed by atoms with Crippen molar-refractivity contribution in [3.05, 3.63) is 47.7 Å². The maximum atomic E-state index is 12.2. The normalized spacial score (nSPS) is 10.3. The number of aryl methyl sites for hydroxylation is 1. The van der Waals surface area contributed by atoms with Gasteiger partial charge < -0.3 is 4.74 Å². The van der Waals surface area contributed by atoms with Gasteiger partial charge in [0.25, 0.3) is 11.9 Å². The molecule has 0 atom stereocenters. The third-order valence-electron chi connectivity index (χ3n) is 3.16. The molecule has 0 aliphatic carbocycles. The fourth-order valence-corrected chi connectivity index (χ4v) is 2.07. The second-order valence-corrected chi connectivity index (χ2v) is 4.83. The first-order chi connectivity index (χ1) is 11.2. The molecule has 8 nitrogen and oxygen atoms in total. The highest BCUT2D eigenvalue weighted by molar-refractivity contribution is 6.02. The Bertz CT molecular complexity index is 814. The van der Waals surface area contributed by atoms with Crippen molar-refractivity contribution in [2.24, 2.45) is 0 Å². The molecule has 0 unspecified atom stereocenters. The van der Waals surface area contributed by atoms with Crippen LogP contribution in [0.4, 0.5) is 5.95 Å². The number of anilines is 1. The second-order valence-electron chi connectivity index (χ2n) is 4.83. The number of tetrazole rings is 1. The summed E-state index contributed by atoms with van der Waals surface area (Å²) in [6, 6.07) is 11.1. The molecule has 8 heteroatoms. The monoisotopic (exact) mass is 310 g/mol. The number of aromatic amines is 1. The molecule has 0 aliphatic heterocycles. The maximum absolute atomic E-state index is 12.2. The minimum absolute atomic E-state index is 0.101. The number of aromatic nitrogens is 5. The standard InChI is InChI=1S/C15H14N6O2/c1-9-7-12(10-3-5-11(23-2)6-4-10)16-13(8-9)14(22)17-15-18-20-21-19-15/h3-8H,1-2H3,(H2,17,18,19,20,21,22). The quantitative estimate of drug-likeness (QED) is 0.761. The number of ether oxygens (including phenoxy) is 1. The van der Waals surface area contributed by atoms with Crippen molar-refractivity contribution in [2.45, 2.75) is 6.92 Å². The van der Waals surface area contributed by atoms with Crippen LogP contribution in [-0.2, 0) is 0 Å². The van der Waals surface area contributed by atoms with Crippen molar-refractivity contribution < 1.29 is 9.53 Å². The summed E-state index contributed by atoms with van der Waals surface area (Å²) in [5.74, 6) is 0.464. The van der Waals surface area contributed by atoms with E-state index in [1.54, 1.807) is 13.2 Å². The molecule has 0 saturated carbocycles. The van der Waals surface area contributed by atoms with Crippen molar-refractivity contribution in [2.75, 3.05) is 12.4 Å². The zero-order valence-electron chi connectivity index (χ0n) is 12.6. The average Bonchev–Trinajstić information content (AvgIpc) is 3.07. The van der Waals surface area contributed by atoms with Crippen molar-refractivity contribution in [1.82, 2.24) is 25.6 Å². The number of carbonyl (C=O) groups is 1. The molecule has 1 amide bonds. The first-order valence-corrected chi connectivity index (χ1v) is 6.83. The van der Waals surface area contributed by atoms with Gasteiger partial charge in [-0.05, 0) is 54.1 Å². The number of hydrogen-bond acceptors (Lipinski definition) is 6. The molecule has 0 saturated heterocycles. The fourth-order valence-electron chi connectivity index (χ4n) is 2.07. The minimum Gasteiger partial charge on any atom is -0.497 e. The van der Waals surface area contributed by atoms with E-state index in [4.69, 9.17) is 4.74 Å². The van der Waals surface area contributed by atoms with Gasteiger partial charge in [0.1, 0.15) is 11.4 Å². The van der Waals surface area contributed by atoms with Gasteiger partial charge in [-0.3, -0.25) is 10.1 Å². The number of nitrogens with one attached hydrogen (secondary N) is 2. The number of amides is 1. The van der Waals surface area contributed by atoms with E-state index in [1.165, 1.54) is 0 Å². The van der Waals surface area contributed by atoms with Gasteiger partial charge in [0.2, 0.25) is 0 Å². The molecule has 2 heterocycles. The summed E-state index contributed by atoms with van der Waals surface area (Å²) in [6.45, 7) is 1.90. The lowest BCUT2D eigenvalue weighted by atomic mass is 10.1. The number of hydrogen-bond donors (Lipinski definition) is 2. The van der Waals surface area contributed by atoms with Crippen molar-refractivity contribution in [3.8, 4) is 17.0 Å². The lowest BCUT2D eigenvalue weighted by Crippen LogP contribution is -2.15. The Labute approximate surface area is 131 Å². The molecule has 116 valence electrons. The number of rotatable bonds is 4. The SMILES string of the molecule is COc1ccc(-c2cc(C)cc(C(=O)Nc3nn[nH]n3)n2)cc1. The number of carbonyl (C=O) groups excluding carboxylic acids is 1. The van der Waals surface area contributed by atoms with Crippen molar-refractivity contribution >= 4 is 11.9 Å². The van der Waals surface area contributed by atoms with Gasteiger partial charge in [-0.25, -0.2) is 4.98 Å². The van der Waals surface area contributed by atoms with E-state index >= 15 is 0 Å². The van der Waals surface area contributed by atoms with Gasteiger partial charge in [-0.1, -0.05) is 5.10 Å². The Hall–Kier alpha value is -3.29. The molecule has 0 fully saturated rings. The third kappa shape index (κ3) is 3.31. The summed E-state index contributed by atoms with van der Waals surface area (Å²) in [7, 11) is 1.61. The number of H-pyrrole nitrogens is 1. The summed E-state index contributed by atoms with van der Waals surface area (Å²) < 4.78 is 5.14. The minimum atomic E-state index is -0.398. The highest BCUT2D eigenvalue weighted by Gasteiger charge is 2.12. The first kappa shape index (κ1) is 14.6. The van der Waals surface area contributed by atoms with Crippen LogP contribution in [0.1, 0.15) is 16.1 Å². The Morgan fingerprint density at radius 2 is 2.00 bits per heavy atom. The molecular formula is C15H14N6O2. The van der Waals surface area contributed by atoms with Crippen molar-refractivity contribution in [3.63, 3.8) is 0 Å². The third-order valence-corrected chi connectivity index (χ3v) is 3.16. The summed E-state index contributed by atoms with van der Waals surface area (Å²) >= 11 is 0. The largest absolute Gasteiger partial charge is 0.497 e. The summed E-state index contributed by atoms with van der Waals surface area (Å²) in [5.41, 5.74) is 2.79. The van der Waals surface area contributed by atoms with Crippen LogP contribution in [0.3, 0.4) is 0 Å². The van der Waals surface area contributed by atoms with Gasteiger partial charge in [0.15, 0.2) is 0 Å². The lowest BCUT2D eigenvalue weighted by molar-refractivity contribution is 0.102. The number of pyridine rings is 1. The molecular weight excluding hydrogens is 296 g/mol. The highest BCUT2D eigenvalue weighted by Crippen LogP contribution is 2.22. The molecule has 23 heavy (non-hydrogen) atoms. The van der Waals surface area contributed by atoms with Crippen LogP contribution in [0.25, 0.3) is 11.3 Å². The smallest absolute Gasteiger partial charge is 0.276 e. The van der Waals surface area contributed by atoms with Gasteiger partial charge >= 0.3 is 0 Å². The number of benzene rings is 1. The molecule has 0 aliphatic rings. The van der Waals surface area contributed by atoms with Crippen molar-refractivity contribution in [1.29, 1.82) is 0 Å². The van der Waals surface area contributed by atoms with Crippen LogP contribution in [0.2, 0.25) is 0 Å². The van der Waals surface area contributed by atoms with Crippen LogP contribution in [-0.4, -0.2) is 38.6 Å². The van der Waals surface area contributed by atoms with E-state index in [9.17, 15) is 4.79 Å². The Morgan fingerprint density at radius 3 is 2.65 bits per heavy atom. The average molecular weight is 310 g/mol. The van der Waals surface area contributed by atoms with E-state index in [0.29, 0.717) is 5.69 Å². The van der Waals surface area contributed by atoms with Crippen LogP contribution < -0.4 is 10.1 Å². The molecule has 0 bridgehead atoms. The maximum Gasteiger partial charge on any atom is 0.276 e. The predicted molar refractivity (Wildman–Crippen MR) is 83.1 cm³/mol. The van der Waals surface area contributed by atoms with E-state index in [2.05, 4.69) is 30.9 Å². The zero-order valence-corrected chi connectivity index (χ0v) is 12.6. The van der Waals surface area contributed by atoms with Gasteiger partial charge in [-0.2, -0.15) is 5.21 Å². The summed E-state index contributed by atoms with van der Waals surface area (Å²) in [6.07, 6.45) is 0. The Morgan fingerprint density at radius 1 is 1.22 bits per heavy atom. The van der Waals surface area contributed by atoms with Crippen LogP contribution in [0.5, 0.6) is 5.75 Å². The van der Waals surface area contributed by atoms with Crippen LogP contribution >= 0.6 is 0 Å². The van der Waals surface area contributed by atoms with E-state index in [0.717, 1.165) is 16.9 Å². The Kier molecular flexibility index (Phi) is 3.96. The molecule has 0 radical (unpaired) electrons. The summed E-state index contributed by atoms with van der Waals surface area (Å²) in [5, 5.41) is 15.5. The van der Waals surface area contributed by atoms with E-state index in [-0.39, 0.29) is 11.6 Å². The molecule has 2 N–H and O–H groups in total. The van der Waals surface area contributed by atoms with Gasteiger partial charge in [0.05, 0.1) is 12.8 Å². The van der Waals surface area contributed by atoms with E-state index in [1.807, 2.05) is 37.3 Å². The molecule has 0 spiro atoms. The summed E-state index contributed by atoms with van der Waals surface area (Å²) in [4.78, 5) is 16.6. The topological polar surface area (TPSA) is 106 Å².